The molecule has 4 nitrogen and oxygen atoms in total. The second kappa shape index (κ2) is 5.75. The molecule has 1 unspecified atom stereocenters. The van der Waals surface area contributed by atoms with Gasteiger partial charge in [-0.3, -0.25) is 0 Å². The number of hydrogen-bond acceptors (Lipinski definition) is 3. The van der Waals surface area contributed by atoms with Crippen LogP contribution in [0.4, 0.5) is 0 Å². The normalized spacial score (nSPS) is 20.9. The molecule has 1 aromatic rings. The molecule has 18 heavy (non-hydrogen) atoms. The number of benzene rings is 1. The maximum absolute atomic E-state index is 12.2. The zero-order valence-electron chi connectivity index (χ0n) is 9.62. The molecular weight excluding hydrogens is 295 g/mol. The van der Waals surface area contributed by atoms with Crippen LogP contribution in [0.2, 0.25) is 10.0 Å². The fraction of sp³-hybridized carbons (Fsp3) is 0.455. The highest BCUT2D eigenvalue weighted by molar-refractivity contribution is 7.89. The van der Waals surface area contributed by atoms with Crippen LogP contribution < -0.4 is 10.0 Å². The number of hydrogen-bond donors (Lipinski definition) is 2. The Morgan fingerprint density at radius 3 is 2.72 bits per heavy atom. The first-order valence-electron chi connectivity index (χ1n) is 5.67. The van der Waals surface area contributed by atoms with Gasteiger partial charge in [0.1, 0.15) is 4.90 Å². The van der Waals surface area contributed by atoms with Crippen molar-refractivity contribution in [2.45, 2.75) is 23.8 Å². The molecule has 1 fully saturated rings. The summed E-state index contributed by atoms with van der Waals surface area (Å²) in [6, 6.07) is 4.27. The van der Waals surface area contributed by atoms with Crippen molar-refractivity contribution in [1.29, 1.82) is 0 Å². The van der Waals surface area contributed by atoms with Crippen LogP contribution in [0.15, 0.2) is 23.1 Å². The standard InChI is InChI=1S/C11H14Cl2N2O2S/c12-8-3-4-11(10(13)6-8)18(16,17)15-9-2-1-5-14-7-9/h3-4,6,9,14-15H,1-2,5,7H2. The Balaban J connectivity index is 2.19. The van der Waals surface area contributed by atoms with E-state index in [4.69, 9.17) is 23.2 Å². The van der Waals surface area contributed by atoms with E-state index in [0.717, 1.165) is 19.4 Å². The van der Waals surface area contributed by atoms with E-state index >= 15 is 0 Å². The van der Waals surface area contributed by atoms with Crippen molar-refractivity contribution in [2.24, 2.45) is 0 Å². The summed E-state index contributed by atoms with van der Waals surface area (Å²) in [6.45, 7) is 1.57. The molecule has 0 amide bonds. The molecule has 0 aliphatic carbocycles. The van der Waals surface area contributed by atoms with Crippen LogP contribution in [-0.4, -0.2) is 27.5 Å². The van der Waals surface area contributed by atoms with Crippen LogP contribution >= 0.6 is 23.2 Å². The van der Waals surface area contributed by atoms with Crippen molar-refractivity contribution in [3.63, 3.8) is 0 Å². The van der Waals surface area contributed by atoms with Gasteiger partial charge in [0.15, 0.2) is 0 Å². The van der Waals surface area contributed by atoms with Crippen LogP contribution in [0.25, 0.3) is 0 Å². The van der Waals surface area contributed by atoms with E-state index in [2.05, 4.69) is 10.0 Å². The van der Waals surface area contributed by atoms with Gasteiger partial charge in [-0.1, -0.05) is 23.2 Å². The Labute approximate surface area is 117 Å². The Hall–Kier alpha value is -0.330. The number of piperidine rings is 1. The highest BCUT2D eigenvalue weighted by Crippen LogP contribution is 2.25. The summed E-state index contributed by atoms with van der Waals surface area (Å²) in [5.41, 5.74) is 0. The van der Waals surface area contributed by atoms with E-state index in [1.165, 1.54) is 18.2 Å². The van der Waals surface area contributed by atoms with Crippen molar-refractivity contribution < 1.29 is 8.42 Å². The van der Waals surface area contributed by atoms with Gasteiger partial charge < -0.3 is 5.32 Å². The van der Waals surface area contributed by atoms with Gasteiger partial charge in [0.2, 0.25) is 10.0 Å². The van der Waals surface area contributed by atoms with Gasteiger partial charge in [0, 0.05) is 17.6 Å². The van der Waals surface area contributed by atoms with Gasteiger partial charge >= 0.3 is 0 Å². The number of nitrogens with one attached hydrogen (secondary N) is 2. The minimum atomic E-state index is -3.59. The lowest BCUT2D eigenvalue weighted by atomic mass is 10.1. The summed E-state index contributed by atoms with van der Waals surface area (Å²) in [7, 11) is -3.59. The first kappa shape index (κ1) is 14.1. The van der Waals surface area contributed by atoms with Gasteiger partial charge in [-0.25, -0.2) is 13.1 Å². The van der Waals surface area contributed by atoms with E-state index in [1.807, 2.05) is 0 Å². The van der Waals surface area contributed by atoms with E-state index < -0.39 is 10.0 Å². The predicted octanol–water partition coefficient (Wildman–Crippen LogP) is 2.02. The molecule has 2 N–H and O–H groups in total. The Kier molecular flexibility index (Phi) is 4.50. The molecule has 0 bridgehead atoms. The summed E-state index contributed by atoms with van der Waals surface area (Å²) in [5, 5.41) is 3.70. The van der Waals surface area contributed by atoms with Crippen LogP contribution in [0.3, 0.4) is 0 Å². The smallest absolute Gasteiger partial charge is 0.242 e. The highest BCUT2D eigenvalue weighted by Gasteiger charge is 2.23. The fourth-order valence-corrected chi connectivity index (χ4v) is 3.97. The lowest BCUT2D eigenvalue weighted by Crippen LogP contribution is -2.45. The topological polar surface area (TPSA) is 58.2 Å². The molecule has 1 aliphatic heterocycles. The SMILES string of the molecule is O=S(=O)(NC1CCCNC1)c1ccc(Cl)cc1Cl. The van der Waals surface area contributed by atoms with Gasteiger partial charge in [-0.2, -0.15) is 0 Å². The minimum absolute atomic E-state index is 0.0686. The Morgan fingerprint density at radius 1 is 1.33 bits per heavy atom. The molecule has 0 spiro atoms. The Morgan fingerprint density at radius 2 is 2.11 bits per heavy atom. The van der Waals surface area contributed by atoms with Crippen molar-refractivity contribution in [3.8, 4) is 0 Å². The summed E-state index contributed by atoms with van der Waals surface area (Å²) in [6.07, 6.45) is 1.79. The molecule has 7 heteroatoms. The van der Waals surface area contributed by atoms with Crippen molar-refractivity contribution in [2.75, 3.05) is 13.1 Å². The average molecular weight is 309 g/mol. The lowest BCUT2D eigenvalue weighted by molar-refractivity contribution is 0.428. The predicted molar refractivity (Wildman–Crippen MR) is 72.7 cm³/mol. The van der Waals surface area contributed by atoms with Crippen molar-refractivity contribution in [3.05, 3.63) is 28.2 Å². The third-order valence-electron chi connectivity index (χ3n) is 2.80. The molecule has 1 atom stereocenters. The quantitative estimate of drug-likeness (QED) is 0.898. The van der Waals surface area contributed by atoms with Crippen LogP contribution in [0, 0.1) is 0 Å². The average Bonchev–Trinajstić information content (AvgIpc) is 2.29. The van der Waals surface area contributed by atoms with Crippen LogP contribution in [-0.2, 0) is 10.0 Å². The maximum atomic E-state index is 12.2. The zero-order chi connectivity index (χ0) is 13.2. The summed E-state index contributed by atoms with van der Waals surface area (Å²) >= 11 is 11.7. The number of rotatable bonds is 3. The minimum Gasteiger partial charge on any atom is -0.315 e. The van der Waals surface area contributed by atoms with Gasteiger partial charge in [-0.05, 0) is 37.6 Å². The zero-order valence-corrected chi connectivity index (χ0v) is 11.9. The largest absolute Gasteiger partial charge is 0.315 e. The van der Waals surface area contributed by atoms with E-state index in [-0.39, 0.29) is 16.0 Å². The molecule has 1 aromatic carbocycles. The third kappa shape index (κ3) is 3.36. The van der Waals surface area contributed by atoms with Crippen molar-refractivity contribution in [1.82, 2.24) is 10.0 Å². The summed E-state index contributed by atoms with van der Waals surface area (Å²) in [5.74, 6) is 0. The lowest BCUT2D eigenvalue weighted by Gasteiger charge is -2.23. The fourth-order valence-electron chi connectivity index (χ4n) is 1.93. The molecule has 1 saturated heterocycles. The van der Waals surface area contributed by atoms with Gasteiger partial charge in [0.05, 0.1) is 5.02 Å². The first-order chi connectivity index (χ1) is 8.49. The summed E-state index contributed by atoms with van der Waals surface area (Å²) < 4.78 is 27.0. The number of halogens is 2. The monoisotopic (exact) mass is 308 g/mol. The molecule has 1 aliphatic rings. The highest BCUT2D eigenvalue weighted by atomic mass is 35.5. The number of sulfonamides is 1. The van der Waals surface area contributed by atoms with E-state index in [9.17, 15) is 8.42 Å². The maximum Gasteiger partial charge on any atom is 0.242 e. The second-order valence-electron chi connectivity index (χ2n) is 4.24. The molecule has 100 valence electrons. The molecule has 2 rings (SSSR count). The van der Waals surface area contributed by atoms with E-state index in [1.54, 1.807) is 0 Å². The second-order valence-corrected chi connectivity index (χ2v) is 6.77. The molecule has 0 radical (unpaired) electrons. The molecule has 1 heterocycles. The summed E-state index contributed by atoms with van der Waals surface area (Å²) in [4.78, 5) is 0.0686. The van der Waals surface area contributed by atoms with Crippen LogP contribution in [0.1, 0.15) is 12.8 Å². The Bertz CT molecular complexity index is 528. The first-order valence-corrected chi connectivity index (χ1v) is 7.91. The van der Waals surface area contributed by atoms with Gasteiger partial charge in [0.25, 0.3) is 0 Å². The van der Waals surface area contributed by atoms with Crippen LogP contribution in [0.5, 0.6) is 0 Å². The molecule has 0 saturated carbocycles. The van der Waals surface area contributed by atoms with Crippen molar-refractivity contribution >= 4 is 33.2 Å². The molecule has 0 aromatic heterocycles. The molecular formula is C11H14Cl2N2O2S. The third-order valence-corrected chi connectivity index (χ3v) is 5.04. The van der Waals surface area contributed by atoms with Gasteiger partial charge in [-0.15, -0.1) is 0 Å². The van der Waals surface area contributed by atoms with E-state index in [0.29, 0.717) is 11.6 Å².